The number of epoxide rings is 1. The highest BCUT2D eigenvalue weighted by Gasteiger charge is 2.35. The molecule has 1 fully saturated rings. The summed E-state index contributed by atoms with van der Waals surface area (Å²) < 4.78 is 5.36. The van der Waals surface area contributed by atoms with Crippen LogP contribution in [-0.4, -0.2) is 6.10 Å². The van der Waals surface area contributed by atoms with E-state index in [0.717, 1.165) is 0 Å². The molecule has 0 saturated carbocycles. The van der Waals surface area contributed by atoms with Gasteiger partial charge in [0.1, 0.15) is 6.10 Å². The second kappa shape index (κ2) is 2.35. The van der Waals surface area contributed by atoms with Crippen LogP contribution in [0.2, 0.25) is 0 Å². The topological polar surface area (TPSA) is 12.5 Å². The lowest BCUT2D eigenvalue weighted by molar-refractivity contribution is 0.383. The highest BCUT2D eigenvalue weighted by atomic mass is 16.6. The number of hydrogen-bond donors (Lipinski definition) is 0. The standard InChI is InChI=1S/C10H12O/c1-7-4-3-5-9(6-7)10-8(2)11-10/h3-6,8,10H,1-2H3/t8-,10+/m1/s1. The van der Waals surface area contributed by atoms with E-state index in [0.29, 0.717) is 12.2 Å². The molecule has 11 heavy (non-hydrogen) atoms. The predicted molar refractivity (Wildman–Crippen MR) is 44.5 cm³/mol. The molecule has 0 unspecified atom stereocenters. The van der Waals surface area contributed by atoms with Crippen molar-refractivity contribution in [2.24, 2.45) is 0 Å². The maximum atomic E-state index is 5.36. The molecule has 1 aliphatic rings. The first-order valence-corrected chi connectivity index (χ1v) is 3.99. The molecule has 1 nitrogen and oxygen atoms in total. The molecule has 0 bridgehead atoms. The van der Waals surface area contributed by atoms with Gasteiger partial charge in [-0.3, -0.25) is 0 Å². The van der Waals surface area contributed by atoms with Crippen molar-refractivity contribution in [1.29, 1.82) is 0 Å². The SMILES string of the molecule is Cc1cccc([C@H]2O[C@@H]2C)c1. The fourth-order valence-corrected chi connectivity index (χ4v) is 1.38. The Morgan fingerprint density at radius 3 is 2.64 bits per heavy atom. The zero-order valence-electron chi connectivity index (χ0n) is 6.87. The maximum Gasteiger partial charge on any atom is 0.109 e. The van der Waals surface area contributed by atoms with Crippen LogP contribution < -0.4 is 0 Å². The van der Waals surface area contributed by atoms with Gasteiger partial charge in [0.05, 0.1) is 6.10 Å². The lowest BCUT2D eigenvalue weighted by Gasteiger charge is -1.96. The largest absolute Gasteiger partial charge is 0.365 e. The summed E-state index contributed by atoms with van der Waals surface area (Å²) in [5.41, 5.74) is 2.63. The summed E-state index contributed by atoms with van der Waals surface area (Å²) in [5, 5.41) is 0. The number of hydrogen-bond acceptors (Lipinski definition) is 1. The smallest absolute Gasteiger partial charge is 0.109 e. The van der Waals surface area contributed by atoms with Crippen LogP contribution in [-0.2, 0) is 4.74 Å². The number of aryl methyl sites for hydroxylation is 1. The van der Waals surface area contributed by atoms with Crippen molar-refractivity contribution in [1.82, 2.24) is 0 Å². The minimum absolute atomic E-state index is 0.370. The van der Waals surface area contributed by atoms with Gasteiger partial charge in [-0.1, -0.05) is 29.8 Å². The average molecular weight is 148 g/mol. The Morgan fingerprint density at radius 2 is 2.09 bits per heavy atom. The van der Waals surface area contributed by atoms with Gasteiger partial charge in [0.15, 0.2) is 0 Å². The molecule has 58 valence electrons. The second-order valence-electron chi connectivity index (χ2n) is 3.18. The Balaban J connectivity index is 2.25. The molecule has 0 aromatic heterocycles. The minimum Gasteiger partial charge on any atom is -0.365 e. The Kier molecular flexibility index (Phi) is 1.46. The second-order valence-corrected chi connectivity index (χ2v) is 3.18. The quantitative estimate of drug-likeness (QED) is 0.557. The molecule has 0 spiro atoms. The van der Waals surface area contributed by atoms with Gasteiger partial charge in [0.2, 0.25) is 0 Å². The van der Waals surface area contributed by atoms with Crippen LogP contribution in [0.15, 0.2) is 24.3 Å². The highest BCUT2D eigenvalue weighted by Crippen LogP contribution is 2.37. The molecule has 2 atom stereocenters. The van der Waals surface area contributed by atoms with Gasteiger partial charge >= 0.3 is 0 Å². The molecule has 1 saturated heterocycles. The van der Waals surface area contributed by atoms with Gasteiger partial charge < -0.3 is 4.74 Å². The van der Waals surface area contributed by atoms with E-state index in [-0.39, 0.29) is 0 Å². The van der Waals surface area contributed by atoms with E-state index in [2.05, 4.69) is 38.1 Å². The fourth-order valence-electron chi connectivity index (χ4n) is 1.38. The van der Waals surface area contributed by atoms with E-state index in [4.69, 9.17) is 4.74 Å². The third kappa shape index (κ3) is 1.29. The van der Waals surface area contributed by atoms with Crippen molar-refractivity contribution in [3.8, 4) is 0 Å². The molecular formula is C10H12O. The predicted octanol–water partition coefficient (Wildman–Crippen LogP) is 2.45. The van der Waals surface area contributed by atoms with Crippen molar-refractivity contribution in [3.63, 3.8) is 0 Å². The third-order valence-electron chi connectivity index (χ3n) is 2.08. The summed E-state index contributed by atoms with van der Waals surface area (Å²) in [6.45, 7) is 4.21. The normalized spacial score (nSPS) is 28.5. The molecule has 1 aromatic rings. The Labute approximate surface area is 67.0 Å². The van der Waals surface area contributed by atoms with Crippen molar-refractivity contribution < 1.29 is 4.74 Å². The van der Waals surface area contributed by atoms with Crippen molar-refractivity contribution in [2.75, 3.05) is 0 Å². The monoisotopic (exact) mass is 148 g/mol. The first-order chi connectivity index (χ1) is 5.27. The molecule has 0 aliphatic carbocycles. The van der Waals surface area contributed by atoms with Crippen molar-refractivity contribution in [2.45, 2.75) is 26.1 Å². The van der Waals surface area contributed by atoms with Crippen molar-refractivity contribution >= 4 is 0 Å². The lowest BCUT2D eigenvalue weighted by atomic mass is 10.1. The summed E-state index contributed by atoms with van der Waals surface area (Å²) in [6.07, 6.45) is 0.798. The van der Waals surface area contributed by atoms with Gasteiger partial charge in [-0.25, -0.2) is 0 Å². The molecule has 1 aliphatic heterocycles. The van der Waals surface area contributed by atoms with E-state index in [1.54, 1.807) is 0 Å². The molecule has 1 heterocycles. The van der Waals surface area contributed by atoms with Gasteiger partial charge in [0, 0.05) is 0 Å². The molecule has 2 rings (SSSR count). The molecular weight excluding hydrogens is 136 g/mol. The number of rotatable bonds is 1. The maximum absolute atomic E-state index is 5.36. The third-order valence-corrected chi connectivity index (χ3v) is 2.08. The van der Waals surface area contributed by atoms with Gasteiger partial charge in [0.25, 0.3) is 0 Å². The van der Waals surface area contributed by atoms with E-state index < -0.39 is 0 Å². The van der Waals surface area contributed by atoms with Gasteiger partial charge in [-0.05, 0) is 19.4 Å². The summed E-state index contributed by atoms with van der Waals surface area (Å²) in [4.78, 5) is 0. The molecule has 0 N–H and O–H groups in total. The van der Waals surface area contributed by atoms with E-state index in [1.165, 1.54) is 11.1 Å². The van der Waals surface area contributed by atoms with E-state index in [9.17, 15) is 0 Å². The summed E-state index contributed by atoms with van der Waals surface area (Å²) in [7, 11) is 0. The summed E-state index contributed by atoms with van der Waals surface area (Å²) in [5.74, 6) is 0. The summed E-state index contributed by atoms with van der Waals surface area (Å²) in [6, 6.07) is 8.50. The van der Waals surface area contributed by atoms with Gasteiger partial charge in [-0.15, -0.1) is 0 Å². The Hall–Kier alpha value is -0.820. The lowest BCUT2D eigenvalue weighted by Crippen LogP contribution is -1.83. The van der Waals surface area contributed by atoms with Gasteiger partial charge in [-0.2, -0.15) is 0 Å². The summed E-state index contributed by atoms with van der Waals surface area (Å²) >= 11 is 0. The zero-order chi connectivity index (χ0) is 7.84. The van der Waals surface area contributed by atoms with Crippen LogP contribution in [0.3, 0.4) is 0 Å². The van der Waals surface area contributed by atoms with Crippen LogP contribution in [0.5, 0.6) is 0 Å². The molecule has 0 radical (unpaired) electrons. The van der Waals surface area contributed by atoms with E-state index in [1.807, 2.05) is 0 Å². The van der Waals surface area contributed by atoms with Crippen LogP contribution >= 0.6 is 0 Å². The number of ether oxygens (including phenoxy) is 1. The molecule has 0 amide bonds. The number of benzene rings is 1. The first kappa shape index (κ1) is 6.86. The van der Waals surface area contributed by atoms with Crippen LogP contribution in [0.4, 0.5) is 0 Å². The molecule has 1 heteroatoms. The highest BCUT2D eigenvalue weighted by molar-refractivity contribution is 5.26. The van der Waals surface area contributed by atoms with Crippen molar-refractivity contribution in [3.05, 3.63) is 35.4 Å². The van der Waals surface area contributed by atoms with Crippen LogP contribution in [0.1, 0.15) is 24.2 Å². The first-order valence-electron chi connectivity index (χ1n) is 3.99. The van der Waals surface area contributed by atoms with E-state index >= 15 is 0 Å². The fraction of sp³-hybridized carbons (Fsp3) is 0.400. The Morgan fingerprint density at radius 1 is 1.36 bits per heavy atom. The average Bonchev–Trinajstić information content (AvgIpc) is 2.67. The molecule has 1 aromatic carbocycles. The van der Waals surface area contributed by atoms with Crippen LogP contribution in [0.25, 0.3) is 0 Å². The van der Waals surface area contributed by atoms with Crippen LogP contribution in [0, 0.1) is 6.92 Å². The zero-order valence-corrected chi connectivity index (χ0v) is 6.87. The minimum atomic E-state index is 0.370. The Bertz CT molecular complexity index is 267.